The predicted octanol–water partition coefficient (Wildman–Crippen LogP) is 1.96. The Morgan fingerprint density at radius 1 is 1.20 bits per heavy atom. The van der Waals surface area contributed by atoms with Crippen molar-refractivity contribution < 1.29 is 0 Å². The van der Waals surface area contributed by atoms with Crippen LogP contribution in [-0.4, -0.2) is 19.6 Å². The molecule has 0 radical (unpaired) electrons. The van der Waals surface area contributed by atoms with Crippen LogP contribution in [-0.2, 0) is 0 Å². The Balaban J connectivity index is 0.00000112. The second-order valence-corrected chi connectivity index (χ2v) is 4.07. The van der Waals surface area contributed by atoms with E-state index in [2.05, 4.69) is 42.7 Å². The lowest BCUT2D eigenvalue weighted by Crippen LogP contribution is -2.42. The molecule has 15 heavy (non-hydrogen) atoms. The molecule has 0 aliphatic carbocycles. The second-order valence-electron chi connectivity index (χ2n) is 4.07. The molecule has 1 saturated heterocycles. The first-order valence-electron chi connectivity index (χ1n) is 5.28. The first-order chi connectivity index (χ1) is 6.77. The van der Waals surface area contributed by atoms with Gasteiger partial charge < -0.3 is 10.6 Å². The monoisotopic (exact) mass is 226 g/mol. The Labute approximate surface area is 97.9 Å². The number of rotatable bonds is 1. The Morgan fingerprint density at radius 3 is 2.60 bits per heavy atom. The molecule has 1 aromatic rings. The van der Waals surface area contributed by atoms with Crippen molar-refractivity contribution >= 4 is 12.4 Å². The molecule has 84 valence electrons. The fourth-order valence-corrected chi connectivity index (χ4v) is 2.09. The van der Waals surface area contributed by atoms with Gasteiger partial charge in [0.05, 0.1) is 0 Å². The molecule has 1 fully saturated rings. The molecule has 0 amide bonds. The maximum atomic E-state index is 3.53. The molecule has 2 nitrogen and oxygen atoms in total. The molecule has 1 aliphatic heterocycles. The summed E-state index contributed by atoms with van der Waals surface area (Å²) in [5.74, 6) is 0. The zero-order valence-electron chi connectivity index (χ0n) is 9.34. The van der Waals surface area contributed by atoms with Gasteiger partial charge in [0.1, 0.15) is 0 Å². The van der Waals surface area contributed by atoms with Crippen LogP contribution >= 0.6 is 12.4 Å². The van der Waals surface area contributed by atoms with Crippen molar-refractivity contribution in [1.82, 2.24) is 10.6 Å². The SMILES string of the molecule is Cc1ccc([C@@H]2CNCCN2)c(C)c1.Cl. The normalized spacial score (nSPS) is 20.8. The molecule has 2 N–H and O–H groups in total. The predicted molar refractivity (Wildman–Crippen MR) is 66.8 cm³/mol. The second kappa shape index (κ2) is 5.50. The summed E-state index contributed by atoms with van der Waals surface area (Å²) in [4.78, 5) is 0. The zero-order valence-corrected chi connectivity index (χ0v) is 10.2. The lowest BCUT2D eigenvalue weighted by molar-refractivity contribution is 0.429. The van der Waals surface area contributed by atoms with Crippen molar-refractivity contribution in [2.24, 2.45) is 0 Å². The fourth-order valence-electron chi connectivity index (χ4n) is 2.09. The highest BCUT2D eigenvalue weighted by atomic mass is 35.5. The maximum absolute atomic E-state index is 3.53. The van der Waals surface area contributed by atoms with Crippen LogP contribution in [0.1, 0.15) is 22.7 Å². The van der Waals surface area contributed by atoms with Gasteiger partial charge in [-0.05, 0) is 25.0 Å². The summed E-state index contributed by atoms with van der Waals surface area (Å²) in [5.41, 5.74) is 4.17. The fraction of sp³-hybridized carbons (Fsp3) is 0.500. The number of piperazine rings is 1. The maximum Gasteiger partial charge on any atom is 0.0449 e. The van der Waals surface area contributed by atoms with Crippen molar-refractivity contribution in [3.8, 4) is 0 Å². The molecule has 1 aromatic carbocycles. The molecule has 0 unspecified atom stereocenters. The van der Waals surface area contributed by atoms with Crippen LogP contribution < -0.4 is 10.6 Å². The molecule has 1 atom stereocenters. The number of halogens is 1. The van der Waals surface area contributed by atoms with E-state index < -0.39 is 0 Å². The average Bonchev–Trinajstić information content (AvgIpc) is 2.19. The van der Waals surface area contributed by atoms with Crippen LogP contribution in [0.25, 0.3) is 0 Å². The van der Waals surface area contributed by atoms with Gasteiger partial charge in [0, 0.05) is 25.7 Å². The lowest BCUT2D eigenvalue weighted by Gasteiger charge is -2.26. The van der Waals surface area contributed by atoms with Crippen molar-refractivity contribution in [2.45, 2.75) is 19.9 Å². The van der Waals surface area contributed by atoms with Gasteiger partial charge in [0.25, 0.3) is 0 Å². The zero-order chi connectivity index (χ0) is 9.97. The summed E-state index contributed by atoms with van der Waals surface area (Å²) < 4.78 is 0. The van der Waals surface area contributed by atoms with Crippen LogP contribution in [0.4, 0.5) is 0 Å². The van der Waals surface area contributed by atoms with E-state index >= 15 is 0 Å². The van der Waals surface area contributed by atoms with Gasteiger partial charge in [-0.15, -0.1) is 12.4 Å². The quantitative estimate of drug-likeness (QED) is 0.765. The molecule has 0 saturated carbocycles. The number of nitrogens with one attached hydrogen (secondary N) is 2. The Morgan fingerprint density at radius 2 is 2.00 bits per heavy atom. The molecule has 0 aromatic heterocycles. The third kappa shape index (κ3) is 2.94. The minimum Gasteiger partial charge on any atom is -0.314 e. The van der Waals surface area contributed by atoms with Crippen molar-refractivity contribution in [3.63, 3.8) is 0 Å². The van der Waals surface area contributed by atoms with Crippen LogP contribution in [0.15, 0.2) is 18.2 Å². The van der Waals surface area contributed by atoms with Crippen LogP contribution in [0.5, 0.6) is 0 Å². The minimum atomic E-state index is 0. The molecule has 1 aliphatic rings. The van der Waals surface area contributed by atoms with E-state index in [-0.39, 0.29) is 12.4 Å². The lowest BCUT2D eigenvalue weighted by atomic mass is 9.98. The van der Waals surface area contributed by atoms with Gasteiger partial charge in [-0.3, -0.25) is 0 Å². The summed E-state index contributed by atoms with van der Waals surface area (Å²) in [6.45, 7) is 7.53. The first-order valence-corrected chi connectivity index (χ1v) is 5.28. The Hall–Kier alpha value is -0.570. The van der Waals surface area contributed by atoms with Crippen molar-refractivity contribution in [1.29, 1.82) is 0 Å². The van der Waals surface area contributed by atoms with Gasteiger partial charge >= 0.3 is 0 Å². The molecule has 2 rings (SSSR count). The van der Waals surface area contributed by atoms with Gasteiger partial charge in [0.15, 0.2) is 0 Å². The topological polar surface area (TPSA) is 24.1 Å². The number of aryl methyl sites for hydroxylation is 2. The summed E-state index contributed by atoms with van der Waals surface area (Å²) in [6.07, 6.45) is 0. The van der Waals surface area contributed by atoms with Crippen LogP contribution in [0.2, 0.25) is 0 Å². The number of hydrogen-bond acceptors (Lipinski definition) is 2. The highest BCUT2D eigenvalue weighted by Gasteiger charge is 2.15. The minimum absolute atomic E-state index is 0. The van der Waals surface area contributed by atoms with E-state index in [0.717, 1.165) is 19.6 Å². The van der Waals surface area contributed by atoms with E-state index in [4.69, 9.17) is 0 Å². The van der Waals surface area contributed by atoms with Crippen molar-refractivity contribution in [2.75, 3.05) is 19.6 Å². The van der Waals surface area contributed by atoms with Gasteiger partial charge in [-0.25, -0.2) is 0 Å². The molecule has 0 spiro atoms. The van der Waals surface area contributed by atoms with Crippen molar-refractivity contribution in [3.05, 3.63) is 34.9 Å². The van der Waals surface area contributed by atoms with E-state index in [0.29, 0.717) is 6.04 Å². The van der Waals surface area contributed by atoms with E-state index in [1.807, 2.05) is 0 Å². The highest BCUT2D eigenvalue weighted by molar-refractivity contribution is 5.85. The Kier molecular flexibility index (Phi) is 4.58. The summed E-state index contributed by atoms with van der Waals surface area (Å²) in [5, 5.41) is 6.95. The summed E-state index contributed by atoms with van der Waals surface area (Å²) in [6, 6.07) is 7.18. The third-order valence-electron chi connectivity index (χ3n) is 2.84. The smallest absolute Gasteiger partial charge is 0.0449 e. The van der Waals surface area contributed by atoms with E-state index in [1.54, 1.807) is 0 Å². The van der Waals surface area contributed by atoms with Gasteiger partial charge in [0.2, 0.25) is 0 Å². The standard InChI is InChI=1S/C12H18N2.ClH/c1-9-3-4-11(10(2)7-9)12-8-13-5-6-14-12;/h3-4,7,12-14H,5-6,8H2,1-2H3;1H/t12-;/m0./s1. The van der Waals surface area contributed by atoms with Crippen LogP contribution in [0.3, 0.4) is 0 Å². The average molecular weight is 227 g/mol. The van der Waals surface area contributed by atoms with Crippen LogP contribution in [0, 0.1) is 13.8 Å². The molecule has 3 heteroatoms. The summed E-state index contributed by atoms with van der Waals surface area (Å²) in [7, 11) is 0. The molecule has 1 heterocycles. The molecular formula is C12H19ClN2. The van der Waals surface area contributed by atoms with Gasteiger partial charge in [-0.2, -0.15) is 0 Å². The number of hydrogen-bond donors (Lipinski definition) is 2. The summed E-state index contributed by atoms with van der Waals surface area (Å²) >= 11 is 0. The highest BCUT2D eigenvalue weighted by Crippen LogP contribution is 2.19. The Bertz CT molecular complexity index is 319. The van der Waals surface area contributed by atoms with Gasteiger partial charge in [-0.1, -0.05) is 23.8 Å². The first kappa shape index (κ1) is 12.5. The molecular weight excluding hydrogens is 208 g/mol. The molecule has 0 bridgehead atoms. The third-order valence-corrected chi connectivity index (χ3v) is 2.84. The van der Waals surface area contributed by atoms with E-state index in [9.17, 15) is 0 Å². The largest absolute Gasteiger partial charge is 0.314 e. The van der Waals surface area contributed by atoms with E-state index in [1.165, 1.54) is 16.7 Å². The number of benzene rings is 1.